The SMILES string of the molecule is Cc1ccccc1C1CCCN1Cc1c(C)nn(CCO)c1C. The van der Waals surface area contributed by atoms with Gasteiger partial charge in [-0.05, 0) is 51.3 Å². The minimum absolute atomic E-state index is 0.136. The molecule has 0 saturated carbocycles. The Morgan fingerprint density at radius 3 is 2.74 bits per heavy atom. The smallest absolute Gasteiger partial charge is 0.0644 e. The average molecular weight is 313 g/mol. The van der Waals surface area contributed by atoms with Crippen molar-refractivity contribution in [2.75, 3.05) is 13.2 Å². The molecule has 4 heteroatoms. The summed E-state index contributed by atoms with van der Waals surface area (Å²) in [5.41, 5.74) is 6.44. The van der Waals surface area contributed by atoms with Gasteiger partial charge in [0.1, 0.15) is 0 Å². The van der Waals surface area contributed by atoms with Gasteiger partial charge >= 0.3 is 0 Å². The van der Waals surface area contributed by atoms with E-state index in [2.05, 4.69) is 55.0 Å². The second-order valence-electron chi connectivity index (χ2n) is 6.58. The number of hydrogen-bond donors (Lipinski definition) is 1. The first kappa shape index (κ1) is 16.2. The molecule has 0 aliphatic carbocycles. The fraction of sp³-hybridized carbons (Fsp3) is 0.526. The third kappa shape index (κ3) is 3.19. The summed E-state index contributed by atoms with van der Waals surface area (Å²) >= 11 is 0. The molecule has 1 unspecified atom stereocenters. The van der Waals surface area contributed by atoms with Gasteiger partial charge in [0.05, 0.1) is 18.8 Å². The lowest BCUT2D eigenvalue weighted by molar-refractivity contribution is 0.246. The topological polar surface area (TPSA) is 41.3 Å². The Balaban J connectivity index is 1.84. The molecule has 1 aromatic carbocycles. The molecule has 124 valence electrons. The zero-order valence-corrected chi connectivity index (χ0v) is 14.4. The van der Waals surface area contributed by atoms with Crippen LogP contribution in [0.4, 0.5) is 0 Å². The lowest BCUT2D eigenvalue weighted by Gasteiger charge is -2.26. The molecule has 1 atom stereocenters. The Morgan fingerprint density at radius 2 is 2.00 bits per heavy atom. The molecule has 1 aromatic heterocycles. The normalized spacial score (nSPS) is 18.7. The standard InChI is InChI=1S/C19H27N3O/c1-14-7-4-5-8-17(14)19-9-6-10-21(19)13-18-15(2)20-22(11-12-23)16(18)3/h4-5,7-8,19,23H,6,9-13H2,1-3H3. The van der Waals surface area contributed by atoms with Crippen molar-refractivity contribution < 1.29 is 5.11 Å². The van der Waals surface area contributed by atoms with Crippen molar-refractivity contribution in [1.29, 1.82) is 0 Å². The fourth-order valence-electron chi connectivity index (χ4n) is 3.81. The number of nitrogens with zero attached hydrogens (tertiary/aromatic N) is 3. The predicted octanol–water partition coefficient (Wildman–Crippen LogP) is 3.14. The van der Waals surface area contributed by atoms with E-state index in [9.17, 15) is 5.11 Å². The Kier molecular flexibility index (Phi) is 4.83. The predicted molar refractivity (Wildman–Crippen MR) is 92.4 cm³/mol. The third-order valence-electron chi connectivity index (χ3n) is 5.12. The van der Waals surface area contributed by atoms with Crippen LogP contribution in [0.2, 0.25) is 0 Å². The third-order valence-corrected chi connectivity index (χ3v) is 5.12. The van der Waals surface area contributed by atoms with Crippen molar-refractivity contribution in [3.63, 3.8) is 0 Å². The summed E-state index contributed by atoms with van der Waals surface area (Å²) < 4.78 is 1.93. The maximum absolute atomic E-state index is 9.18. The molecular formula is C19H27N3O. The van der Waals surface area contributed by atoms with E-state index in [0.717, 1.165) is 18.8 Å². The van der Waals surface area contributed by atoms with Crippen LogP contribution in [0.3, 0.4) is 0 Å². The molecule has 0 amide bonds. The van der Waals surface area contributed by atoms with Crippen molar-refractivity contribution in [2.45, 2.75) is 52.7 Å². The molecule has 23 heavy (non-hydrogen) atoms. The van der Waals surface area contributed by atoms with E-state index in [1.54, 1.807) is 0 Å². The van der Waals surface area contributed by atoms with E-state index in [1.165, 1.54) is 35.2 Å². The minimum Gasteiger partial charge on any atom is -0.394 e. The summed E-state index contributed by atoms with van der Waals surface area (Å²) in [4.78, 5) is 2.59. The highest BCUT2D eigenvalue weighted by atomic mass is 16.3. The largest absolute Gasteiger partial charge is 0.394 e. The van der Waals surface area contributed by atoms with Crippen molar-refractivity contribution >= 4 is 0 Å². The molecule has 1 aliphatic rings. The molecule has 1 saturated heterocycles. The minimum atomic E-state index is 0.136. The van der Waals surface area contributed by atoms with Crippen LogP contribution in [0.15, 0.2) is 24.3 Å². The molecule has 2 heterocycles. The fourth-order valence-corrected chi connectivity index (χ4v) is 3.81. The molecule has 1 aliphatic heterocycles. The summed E-state index contributed by atoms with van der Waals surface area (Å²) in [5.74, 6) is 0. The highest BCUT2D eigenvalue weighted by Gasteiger charge is 2.28. The number of benzene rings is 1. The number of rotatable bonds is 5. The van der Waals surface area contributed by atoms with Crippen LogP contribution in [-0.2, 0) is 13.1 Å². The molecule has 0 radical (unpaired) electrons. The van der Waals surface area contributed by atoms with Gasteiger partial charge in [0.2, 0.25) is 0 Å². The first-order valence-corrected chi connectivity index (χ1v) is 8.55. The quantitative estimate of drug-likeness (QED) is 0.922. The number of likely N-dealkylation sites (tertiary alicyclic amines) is 1. The van der Waals surface area contributed by atoms with E-state index in [1.807, 2.05) is 4.68 Å². The van der Waals surface area contributed by atoms with Crippen LogP contribution in [0.25, 0.3) is 0 Å². The summed E-state index contributed by atoms with van der Waals surface area (Å²) in [6.07, 6.45) is 2.48. The van der Waals surface area contributed by atoms with Crippen molar-refractivity contribution in [1.82, 2.24) is 14.7 Å². The summed E-state index contributed by atoms with van der Waals surface area (Å²) in [6.45, 7) is 9.20. The van der Waals surface area contributed by atoms with Crippen LogP contribution in [0.1, 0.15) is 47.0 Å². The van der Waals surface area contributed by atoms with Gasteiger partial charge in [0.15, 0.2) is 0 Å². The van der Waals surface area contributed by atoms with Gasteiger partial charge in [0.25, 0.3) is 0 Å². The van der Waals surface area contributed by atoms with Crippen LogP contribution in [0.5, 0.6) is 0 Å². The second kappa shape index (κ2) is 6.85. The highest BCUT2D eigenvalue weighted by Crippen LogP contribution is 2.35. The first-order chi connectivity index (χ1) is 11.1. The lowest BCUT2D eigenvalue weighted by atomic mass is 9.99. The maximum Gasteiger partial charge on any atom is 0.0644 e. The van der Waals surface area contributed by atoms with Crippen LogP contribution in [0, 0.1) is 20.8 Å². The Hall–Kier alpha value is -1.65. The van der Waals surface area contributed by atoms with Gasteiger partial charge in [-0.25, -0.2) is 0 Å². The van der Waals surface area contributed by atoms with Crippen LogP contribution >= 0.6 is 0 Å². The number of aliphatic hydroxyl groups is 1. The molecule has 0 spiro atoms. The van der Waals surface area contributed by atoms with E-state index >= 15 is 0 Å². The van der Waals surface area contributed by atoms with Gasteiger partial charge < -0.3 is 5.11 Å². The van der Waals surface area contributed by atoms with Gasteiger partial charge in [-0.2, -0.15) is 5.10 Å². The van der Waals surface area contributed by atoms with Crippen LogP contribution in [-0.4, -0.2) is 32.9 Å². The van der Waals surface area contributed by atoms with Crippen molar-refractivity contribution in [3.05, 3.63) is 52.3 Å². The molecule has 1 N–H and O–H groups in total. The Bertz CT molecular complexity index is 677. The number of aliphatic hydroxyl groups excluding tert-OH is 1. The molecule has 0 bridgehead atoms. The lowest BCUT2D eigenvalue weighted by Crippen LogP contribution is -2.24. The van der Waals surface area contributed by atoms with Gasteiger partial charge in [0, 0.05) is 23.8 Å². The highest BCUT2D eigenvalue weighted by molar-refractivity contribution is 5.30. The van der Waals surface area contributed by atoms with E-state index < -0.39 is 0 Å². The number of aromatic nitrogens is 2. The van der Waals surface area contributed by atoms with E-state index in [-0.39, 0.29) is 6.61 Å². The number of aryl methyl sites for hydroxylation is 2. The zero-order valence-electron chi connectivity index (χ0n) is 14.4. The van der Waals surface area contributed by atoms with Gasteiger partial charge in [-0.3, -0.25) is 9.58 Å². The Morgan fingerprint density at radius 1 is 1.22 bits per heavy atom. The van der Waals surface area contributed by atoms with Crippen molar-refractivity contribution in [2.24, 2.45) is 0 Å². The number of hydrogen-bond acceptors (Lipinski definition) is 3. The molecule has 3 rings (SSSR count). The van der Waals surface area contributed by atoms with Crippen LogP contribution < -0.4 is 0 Å². The first-order valence-electron chi connectivity index (χ1n) is 8.55. The van der Waals surface area contributed by atoms with Gasteiger partial charge in [-0.15, -0.1) is 0 Å². The molecule has 2 aromatic rings. The van der Waals surface area contributed by atoms with Crippen molar-refractivity contribution in [3.8, 4) is 0 Å². The van der Waals surface area contributed by atoms with Gasteiger partial charge in [-0.1, -0.05) is 24.3 Å². The maximum atomic E-state index is 9.18. The second-order valence-corrected chi connectivity index (χ2v) is 6.58. The van der Waals surface area contributed by atoms with E-state index in [4.69, 9.17) is 0 Å². The molecular weight excluding hydrogens is 286 g/mol. The summed E-state index contributed by atoms with van der Waals surface area (Å²) in [7, 11) is 0. The summed E-state index contributed by atoms with van der Waals surface area (Å²) in [5, 5.41) is 13.8. The molecule has 1 fully saturated rings. The monoisotopic (exact) mass is 313 g/mol. The van der Waals surface area contributed by atoms with E-state index in [0.29, 0.717) is 12.6 Å². The Labute approximate surface area is 138 Å². The summed E-state index contributed by atoms with van der Waals surface area (Å²) in [6, 6.07) is 9.26. The molecule has 4 nitrogen and oxygen atoms in total. The average Bonchev–Trinajstić information content (AvgIpc) is 3.09. The zero-order chi connectivity index (χ0) is 16.4.